The number of hydrogen-bond donors (Lipinski definition) is 1. The van der Waals surface area contributed by atoms with Crippen LogP contribution in [0.1, 0.15) is 37.1 Å². The van der Waals surface area contributed by atoms with Gasteiger partial charge in [0, 0.05) is 11.9 Å². The van der Waals surface area contributed by atoms with E-state index in [0.29, 0.717) is 6.54 Å². The number of nitrogens with one attached hydrogen (secondary N) is 1. The highest BCUT2D eigenvalue weighted by Crippen LogP contribution is 2.23. The average molecular weight is 350 g/mol. The van der Waals surface area contributed by atoms with Crippen LogP contribution in [0.3, 0.4) is 0 Å². The average Bonchev–Trinajstić information content (AvgIpc) is 3.05. The molecule has 1 atom stereocenters. The molecule has 1 aliphatic heterocycles. The van der Waals surface area contributed by atoms with Crippen molar-refractivity contribution in [3.63, 3.8) is 0 Å². The zero-order valence-electron chi connectivity index (χ0n) is 15.5. The van der Waals surface area contributed by atoms with Gasteiger partial charge in [-0.15, -0.1) is 0 Å². The minimum Gasteiger partial charge on any atom is -0.465 e. The van der Waals surface area contributed by atoms with Crippen LogP contribution in [0, 0.1) is 12.8 Å². The standard InChI is InChI=1S/C21H26N4O/c1-15-6-5-11-25(13-15)14-20-23-19-8-4-3-7-18(19)21(24-20)22-12-17-10-9-16(2)26-17/h3-4,7-10,15H,5-6,11-14H2,1-2H3,(H,22,23,24). The van der Waals surface area contributed by atoms with Crippen LogP contribution in [0.2, 0.25) is 0 Å². The second-order valence-corrected chi connectivity index (χ2v) is 7.35. The van der Waals surface area contributed by atoms with Crippen molar-refractivity contribution < 1.29 is 4.42 Å². The van der Waals surface area contributed by atoms with Crippen LogP contribution < -0.4 is 5.32 Å². The molecule has 1 fully saturated rings. The number of fused-ring (bicyclic) bond motifs is 1. The Labute approximate surface area is 154 Å². The molecule has 26 heavy (non-hydrogen) atoms. The van der Waals surface area contributed by atoms with Crippen molar-refractivity contribution in [3.8, 4) is 0 Å². The molecule has 0 amide bonds. The first-order chi connectivity index (χ1) is 12.7. The molecule has 0 aliphatic carbocycles. The van der Waals surface area contributed by atoms with Gasteiger partial charge in [-0.25, -0.2) is 9.97 Å². The number of likely N-dealkylation sites (tertiary alicyclic amines) is 1. The smallest absolute Gasteiger partial charge is 0.145 e. The summed E-state index contributed by atoms with van der Waals surface area (Å²) < 4.78 is 5.67. The van der Waals surface area contributed by atoms with E-state index in [-0.39, 0.29) is 0 Å². The molecule has 3 aromatic rings. The van der Waals surface area contributed by atoms with Gasteiger partial charge in [-0.3, -0.25) is 4.90 Å². The van der Waals surface area contributed by atoms with Gasteiger partial charge in [0.05, 0.1) is 18.6 Å². The third-order valence-corrected chi connectivity index (χ3v) is 4.98. The molecule has 0 bridgehead atoms. The van der Waals surface area contributed by atoms with Crippen LogP contribution >= 0.6 is 0 Å². The van der Waals surface area contributed by atoms with Gasteiger partial charge in [0.2, 0.25) is 0 Å². The van der Waals surface area contributed by atoms with E-state index < -0.39 is 0 Å². The van der Waals surface area contributed by atoms with Crippen molar-refractivity contribution in [1.82, 2.24) is 14.9 Å². The van der Waals surface area contributed by atoms with E-state index in [1.54, 1.807) is 0 Å². The number of aromatic nitrogens is 2. The van der Waals surface area contributed by atoms with Gasteiger partial charge in [-0.05, 0) is 56.5 Å². The minimum absolute atomic E-state index is 0.620. The fourth-order valence-corrected chi connectivity index (χ4v) is 3.71. The molecular formula is C21H26N4O. The maximum atomic E-state index is 5.67. The molecule has 1 saturated heterocycles. The monoisotopic (exact) mass is 350 g/mol. The molecular weight excluding hydrogens is 324 g/mol. The summed E-state index contributed by atoms with van der Waals surface area (Å²) in [6.07, 6.45) is 2.59. The zero-order chi connectivity index (χ0) is 17.9. The number of para-hydroxylation sites is 1. The second kappa shape index (κ2) is 7.46. The number of piperidine rings is 1. The predicted molar refractivity (Wildman–Crippen MR) is 104 cm³/mol. The second-order valence-electron chi connectivity index (χ2n) is 7.35. The number of nitrogens with zero attached hydrogens (tertiary/aromatic N) is 3. The summed E-state index contributed by atoms with van der Waals surface area (Å²) in [6, 6.07) is 12.2. The van der Waals surface area contributed by atoms with Crippen molar-refractivity contribution in [2.75, 3.05) is 18.4 Å². The molecule has 4 rings (SSSR count). The van der Waals surface area contributed by atoms with E-state index in [4.69, 9.17) is 14.4 Å². The molecule has 3 heterocycles. The van der Waals surface area contributed by atoms with Crippen LogP contribution in [0.5, 0.6) is 0 Å². The van der Waals surface area contributed by atoms with Crippen molar-refractivity contribution in [2.24, 2.45) is 5.92 Å². The Kier molecular flexibility index (Phi) is 4.89. The number of furan rings is 1. The van der Waals surface area contributed by atoms with Crippen molar-refractivity contribution in [1.29, 1.82) is 0 Å². The maximum Gasteiger partial charge on any atom is 0.145 e. The van der Waals surface area contributed by atoms with Gasteiger partial charge < -0.3 is 9.73 Å². The molecule has 5 heteroatoms. The summed E-state index contributed by atoms with van der Waals surface area (Å²) in [6.45, 7) is 7.98. The number of anilines is 1. The molecule has 2 aromatic heterocycles. The first-order valence-electron chi connectivity index (χ1n) is 9.44. The molecule has 1 aromatic carbocycles. The maximum absolute atomic E-state index is 5.67. The predicted octanol–water partition coefficient (Wildman–Crippen LogP) is 4.38. The Morgan fingerprint density at radius 3 is 2.88 bits per heavy atom. The SMILES string of the molecule is Cc1ccc(CNc2nc(CN3CCCC(C)C3)nc3ccccc23)o1. The summed E-state index contributed by atoms with van der Waals surface area (Å²) in [4.78, 5) is 12.1. The molecule has 0 radical (unpaired) electrons. The fraction of sp³-hybridized carbons (Fsp3) is 0.429. The van der Waals surface area contributed by atoms with E-state index in [9.17, 15) is 0 Å². The summed E-state index contributed by atoms with van der Waals surface area (Å²) >= 11 is 0. The third kappa shape index (κ3) is 3.88. The lowest BCUT2D eigenvalue weighted by atomic mass is 10.0. The molecule has 0 saturated carbocycles. The lowest BCUT2D eigenvalue weighted by Gasteiger charge is -2.30. The van der Waals surface area contributed by atoms with Gasteiger partial charge in [-0.1, -0.05) is 19.1 Å². The quantitative estimate of drug-likeness (QED) is 0.740. The highest BCUT2D eigenvalue weighted by molar-refractivity contribution is 5.88. The Bertz CT molecular complexity index is 889. The fourth-order valence-electron chi connectivity index (χ4n) is 3.71. The van der Waals surface area contributed by atoms with Crippen molar-refractivity contribution in [3.05, 3.63) is 53.7 Å². The number of rotatable bonds is 5. The molecule has 0 spiro atoms. The first kappa shape index (κ1) is 17.0. The number of hydrogen-bond acceptors (Lipinski definition) is 5. The van der Waals surface area contributed by atoms with Crippen LogP contribution in [-0.2, 0) is 13.1 Å². The summed E-state index contributed by atoms with van der Waals surface area (Å²) in [5.41, 5.74) is 0.987. The topological polar surface area (TPSA) is 54.2 Å². The summed E-state index contributed by atoms with van der Waals surface area (Å²) in [7, 11) is 0. The summed E-state index contributed by atoms with van der Waals surface area (Å²) in [5, 5.41) is 4.49. The van der Waals surface area contributed by atoms with Crippen LogP contribution in [0.25, 0.3) is 10.9 Å². The normalized spacial score (nSPS) is 18.3. The number of aryl methyl sites for hydroxylation is 1. The lowest BCUT2D eigenvalue weighted by molar-refractivity contribution is 0.173. The highest BCUT2D eigenvalue weighted by atomic mass is 16.3. The molecule has 136 valence electrons. The Morgan fingerprint density at radius 2 is 2.08 bits per heavy atom. The van der Waals surface area contributed by atoms with E-state index >= 15 is 0 Å². The van der Waals surface area contributed by atoms with E-state index in [1.165, 1.54) is 12.8 Å². The van der Waals surface area contributed by atoms with E-state index in [0.717, 1.165) is 59.6 Å². The molecule has 5 nitrogen and oxygen atoms in total. The highest BCUT2D eigenvalue weighted by Gasteiger charge is 2.18. The molecule has 1 N–H and O–H groups in total. The lowest BCUT2D eigenvalue weighted by Crippen LogP contribution is -2.34. The van der Waals surface area contributed by atoms with E-state index in [1.807, 2.05) is 31.2 Å². The Hall–Kier alpha value is -2.40. The number of benzene rings is 1. The van der Waals surface area contributed by atoms with E-state index in [2.05, 4.69) is 29.3 Å². The van der Waals surface area contributed by atoms with Gasteiger partial charge in [0.15, 0.2) is 0 Å². The van der Waals surface area contributed by atoms with Crippen LogP contribution in [0.15, 0.2) is 40.8 Å². The largest absolute Gasteiger partial charge is 0.465 e. The molecule has 1 unspecified atom stereocenters. The molecule has 1 aliphatic rings. The van der Waals surface area contributed by atoms with Crippen LogP contribution in [-0.4, -0.2) is 28.0 Å². The van der Waals surface area contributed by atoms with Crippen molar-refractivity contribution >= 4 is 16.7 Å². The van der Waals surface area contributed by atoms with Gasteiger partial charge in [-0.2, -0.15) is 0 Å². The third-order valence-electron chi connectivity index (χ3n) is 4.98. The van der Waals surface area contributed by atoms with Crippen LogP contribution in [0.4, 0.5) is 5.82 Å². The van der Waals surface area contributed by atoms with Gasteiger partial charge in [0.25, 0.3) is 0 Å². The summed E-state index contributed by atoms with van der Waals surface area (Å²) in [5.74, 6) is 4.36. The van der Waals surface area contributed by atoms with Crippen molar-refractivity contribution in [2.45, 2.75) is 39.8 Å². The Morgan fingerprint density at radius 1 is 1.19 bits per heavy atom. The first-order valence-corrected chi connectivity index (χ1v) is 9.44. The van der Waals surface area contributed by atoms with Gasteiger partial charge >= 0.3 is 0 Å². The minimum atomic E-state index is 0.620. The Balaban J connectivity index is 1.58. The van der Waals surface area contributed by atoms with Gasteiger partial charge in [0.1, 0.15) is 23.2 Å². The zero-order valence-corrected chi connectivity index (χ0v) is 15.5.